The zero-order valence-corrected chi connectivity index (χ0v) is 15.0. The Hall–Kier alpha value is -2.50. The molecule has 1 fully saturated rings. The van der Waals surface area contributed by atoms with Crippen LogP contribution in [0.3, 0.4) is 0 Å². The standard InChI is InChI=1S/C20H25N3O3/c1-26-15-8-6-13-7-9-17-18(16(13)10-15)23-19(22-17)14-4-2-12(3-5-14)11-21-20(24)25/h6,8,10,12,14,21H,2-5,7,9,11H2,1H3,(H,22,23)(H,24,25). The third-order valence-electron chi connectivity index (χ3n) is 5.79. The lowest BCUT2D eigenvalue weighted by Gasteiger charge is -2.27. The molecule has 2 aliphatic rings. The molecule has 0 spiro atoms. The van der Waals surface area contributed by atoms with E-state index in [0.717, 1.165) is 55.8 Å². The Morgan fingerprint density at radius 1 is 1.31 bits per heavy atom. The second kappa shape index (κ2) is 7.02. The molecule has 0 radical (unpaired) electrons. The first-order chi connectivity index (χ1) is 12.6. The van der Waals surface area contributed by atoms with Crippen LogP contribution in [0.4, 0.5) is 4.79 Å². The Kier molecular flexibility index (Phi) is 4.57. The van der Waals surface area contributed by atoms with E-state index in [1.165, 1.54) is 16.8 Å². The van der Waals surface area contributed by atoms with Gasteiger partial charge in [-0.05, 0) is 62.1 Å². The SMILES string of the molecule is COc1ccc2c(c1)-c1nc(C3CCC(CNC(=O)O)CC3)[nH]c1CC2. The lowest BCUT2D eigenvalue weighted by atomic mass is 9.81. The van der Waals surface area contributed by atoms with Gasteiger partial charge in [0.25, 0.3) is 0 Å². The second-order valence-electron chi connectivity index (χ2n) is 7.38. The molecule has 6 heteroatoms. The zero-order chi connectivity index (χ0) is 18.1. The molecular weight excluding hydrogens is 330 g/mol. The third kappa shape index (κ3) is 3.28. The number of ether oxygens (including phenoxy) is 1. The average Bonchev–Trinajstić information content (AvgIpc) is 3.11. The van der Waals surface area contributed by atoms with Gasteiger partial charge in [-0.3, -0.25) is 0 Å². The van der Waals surface area contributed by atoms with Gasteiger partial charge in [0.15, 0.2) is 0 Å². The number of aromatic amines is 1. The number of hydrogen-bond acceptors (Lipinski definition) is 3. The molecule has 0 aliphatic heterocycles. The summed E-state index contributed by atoms with van der Waals surface area (Å²) in [5.74, 6) is 2.84. The van der Waals surface area contributed by atoms with Gasteiger partial charge >= 0.3 is 6.09 Å². The van der Waals surface area contributed by atoms with Crippen molar-refractivity contribution in [3.8, 4) is 17.0 Å². The molecule has 1 aromatic carbocycles. The molecule has 138 valence electrons. The molecule has 0 bridgehead atoms. The highest BCUT2D eigenvalue weighted by Crippen LogP contribution is 2.39. The van der Waals surface area contributed by atoms with E-state index < -0.39 is 6.09 Å². The van der Waals surface area contributed by atoms with E-state index in [1.807, 2.05) is 6.07 Å². The van der Waals surface area contributed by atoms with Crippen molar-refractivity contribution < 1.29 is 14.6 Å². The summed E-state index contributed by atoms with van der Waals surface area (Å²) < 4.78 is 5.38. The molecule has 1 heterocycles. The summed E-state index contributed by atoms with van der Waals surface area (Å²) in [4.78, 5) is 19.2. The summed E-state index contributed by atoms with van der Waals surface area (Å²) in [6, 6.07) is 6.25. The summed E-state index contributed by atoms with van der Waals surface area (Å²) >= 11 is 0. The highest BCUT2D eigenvalue weighted by atomic mass is 16.5. The van der Waals surface area contributed by atoms with Gasteiger partial charge in [-0.2, -0.15) is 0 Å². The maximum atomic E-state index is 10.7. The average molecular weight is 355 g/mol. The van der Waals surface area contributed by atoms with Crippen molar-refractivity contribution in [2.24, 2.45) is 5.92 Å². The number of aryl methyl sites for hydroxylation is 2. The van der Waals surface area contributed by atoms with Gasteiger partial charge in [0.05, 0.1) is 12.8 Å². The number of fused-ring (bicyclic) bond motifs is 3. The van der Waals surface area contributed by atoms with Crippen LogP contribution in [0.15, 0.2) is 18.2 Å². The van der Waals surface area contributed by atoms with E-state index in [0.29, 0.717) is 18.4 Å². The molecule has 1 saturated carbocycles. The van der Waals surface area contributed by atoms with E-state index in [1.54, 1.807) is 7.11 Å². The highest BCUT2D eigenvalue weighted by Gasteiger charge is 2.27. The molecule has 0 unspecified atom stereocenters. The van der Waals surface area contributed by atoms with Gasteiger partial charge in [-0.1, -0.05) is 6.07 Å². The Balaban J connectivity index is 1.49. The number of benzene rings is 1. The second-order valence-corrected chi connectivity index (χ2v) is 7.38. The number of aromatic nitrogens is 2. The van der Waals surface area contributed by atoms with Crippen molar-refractivity contribution in [2.45, 2.75) is 44.4 Å². The van der Waals surface area contributed by atoms with Gasteiger partial charge in [0, 0.05) is 23.7 Å². The largest absolute Gasteiger partial charge is 0.497 e. The number of methoxy groups -OCH3 is 1. The van der Waals surface area contributed by atoms with E-state index in [-0.39, 0.29) is 0 Å². The number of imidazole rings is 1. The lowest BCUT2D eigenvalue weighted by Crippen LogP contribution is -2.29. The normalized spacial score (nSPS) is 21.6. The maximum absolute atomic E-state index is 10.7. The number of nitrogens with zero attached hydrogens (tertiary/aromatic N) is 1. The molecule has 3 N–H and O–H groups in total. The third-order valence-corrected chi connectivity index (χ3v) is 5.79. The summed E-state index contributed by atoms with van der Waals surface area (Å²) in [5, 5.41) is 11.3. The minimum Gasteiger partial charge on any atom is -0.497 e. The van der Waals surface area contributed by atoms with Crippen LogP contribution < -0.4 is 10.1 Å². The number of rotatable bonds is 4. The molecule has 0 atom stereocenters. The van der Waals surface area contributed by atoms with Crippen LogP contribution in [-0.2, 0) is 12.8 Å². The van der Waals surface area contributed by atoms with Crippen molar-refractivity contribution in [1.82, 2.24) is 15.3 Å². The van der Waals surface area contributed by atoms with Crippen LogP contribution in [0.5, 0.6) is 5.75 Å². The Bertz CT molecular complexity index is 807. The summed E-state index contributed by atoms with van der Waals surface area (Å²) in [7, 11) is 1.69. The number of amides is 1. The highest BCUT2D eigenvalue weighted by molar-refractivity contribution is 5.70. The van der Waals surface area contributed by atoms with Crippen molar-refractivity contribution in [1.29, 1.82) is 0 Å². The van der Waals surface area contributed by atoms with Crippen LogP contribution in [0.25, 0.3) is 11.3 Å². The van der Waals surface area contributed by atoms with E-state index in [9.17, 15) is 4.79 Å². The van der Waals surface area contributed by atoms with Gasteiger partial charge < -0.3 is 20.1 Å². The van der Waals surface area contributed by atoms with Crippen molar-refractivity contribution >= 4 is 6.09 Å². The predicted octanol–water partition coefficient (Wildman–Crippen LogP) is 3.73. The Labute approximate surface area is 153 Å². The number of H-pyrrole nitrogens is 1. The molecule has 1 amide bonds. The summed E-state index contributed by atoms with van der Waals surface area (Å²) in [5.41, 5.74) is 4.83. The fourth-order valence-corrected chi connectivity index (χ4v) is 4.28. The molecular formula is C20H25N3O3. The molecule has 4 rings (SSSR count). The van der Waals surface area contributed by atoms with Gasteiger partial charge in [0.2, 0.25) is 0 Å². The van der Waals surface area contributed by atoms with Crippen molar-refractivity contribution in [2.75, 3.05) is 13.7 Å². The smallest absolute Gasteiger partial charge is 0.404 e. The Morgan fingerprint density at radius 3 is 2.85 bits per heavy atom. The van der Waals surface area contributed by atoms with Gasteiger partial charge in [-0.25, -0.2) is 9.78 Å². The van der Waals surface area contributed by atoms with Gasteiger partial charge in [-0.15, -0.1) is 0 Å². The number of hydrogen-bond donors (Lipinski definition) is 3. The fraction of sp³-hybridized carbons (Fsp3) is 0.500. The van der Waals surface area contributed by atoms with Crippen LogP contribution in [0.1, 0.15) is 48.7 Å². The zero-order valence-electron chi connectivity index (χ0n) is 15.0. The van der Waals surface area contributed by atoms with Crippen molar-refractivity contribution in [3.63, 3.8) is 0 Å². The topological polar surface area (TPSA) is 87.2 Å². The first kappa shape index (κ1) is 16.9. The molecule has 2 aromatic rings. The predicted molar refractivity (Wildman–Crippen MR) is 98.7 cm³/mol. The maximum Gasteiger partial charge on any atom is 0.404 e. The molecule has 0 saturated heterocycles. The van der Waals surface area contributed by atoms with Crippen LogP contribution in [0, 0.1) is 5.92 Å². The molecule has 2 aliphatic carbocycles. The van der Waals surface area contributed by atoms with Crippen LogP contribution >= 0.6 is 0 Å². The van der Waals surface area contributed by atoms with E-state index in [2.05, 4.69) is 22.4 Å². The first-order valence-electron chi connectivity index (χ1n) is 9.37. The van der Waals surface area contributed by atoms with Crippen LogP contribution in [-0.4, -0.2) is 34.8 Å². The number of nitrogens with one attached hydrogen (secondary N) is 2. The van der Waals surface area contributed by atoms with E-state index in [4.69, 9.17) is 14.8 Å². The number of carbonyl (C=O) groups is 1. The monoisotopic (exact) mass is 355 g/mol. The summed E-state index contributed by atoms with van der Waals surface area (Å²) in [6.07, 6.45) is 5.30. The molecule has 1 aromatic heterocycles. The first-order valence-corrected chi connectivity index (χ1v) is 9.37. The minimum atomic E-state index is -0.931. The minimum absolute atomic E-state index is 0.440. The quantitative estimate of drug-likeness (QED) is 0.780. The summed E-state index contributed by atoms with van der Waals surface area (Å²) in [6.45, 7) is 0.559. The lowest BCUT2D eigenvalue weighted by molar-refractivity contribution is 0.189. The Morgan fingerprint density at radius 2 is 2.12 bits per heavy atom. The molecule has 6 nitrogen and oxygen atoms in total. The number of carboxylic acid groups (broad SMARTS) is 1. The fourth-order valence-electron chi connectivity index (χ4n) is 4.28. The van der Waals surface area contributed by atoms with Crippen LogP contribution in [0.2, 0.25) is 0 Å². The molecule has 26 heavy (non-hydrogen) atoms. The van der Waals surface area contributed by atoms with Gasteiger partial charge in [0.1, 0.15) is 11.6 Å². The van der Waals surface area contributed by atoms with Crippen molar-refractivity contribution in [3.05, 3.63) is 35.3 Å². The van der Waals surface area contributed by atoms with E-state index >= 15 is 0 Å².